The van der Waals surface area contributed by atoms with Crippen LogP contribution in [0.25, 0.3) is 0 Å². The molecule has 0 saturated carbocycles. The van der Waals surface area contributed by atoms with Crippen LogP contribution in [0.4, 0.5) is 0 Å². The van der Waals surface area contributed by atoms with E-state index in [9.17, 15) is 14.4 Å². The lowest BCUT2D eigenvalue weighted by molar-refractivity contribution is 0.0564. The van der Waals surface area contributed by atoms with Gasteiger partial charge in [-0.1, -0.05) is 18.2 Å². The van der Waals surface area contributed by atoms with E-state index in [1.165, 1.54) is 7.11 Å². The molecule has 1 aromatic heterocycles. The first-order valence-electron chi connectivity index (χ1n) is 9.71. The van der Waals surface area contributed by atoms with Crippen LogP contribution in [0, 0.1) is 20.8 Å². The monoisotopic (exact) mass is 398 g/mol. The summed E-state index contributed by atoms with van der Waals surface area (Å²) in [5, 5.41) is 0. The molecule has 0 aliphatic heterocycles. The Balaban J connectivity index is 2.50. The predicted octanol–water partition coefficient (Wildman–Crippen LogP) is 3.86. The summed E-state index contributed by atoms with van der Waals surface area (Å²) in [7, 11) is 3.05. The first-order chi connectivity index (χ1) is 13.5. The van der Waals surface area contributed by atoms with Crippen LogP contribution >= 0.6 is 0 Å². The molecule has 0 radical (unpaired) electrons. The molecule has 0 N–H and O–H groups in total. The fourth-order valence-electron chi connectivity index (χ4n) is 3.87. The maximum absolute atomic E-state index is 13.5. The smallest absolute Gasteiger partial charge is 0.354 e. The van der Waals surface area contributed by atoms with Crippen molar-refractivity contribution in [2.45, 2.75) is 53.6 Å². The molecule has 1 atom stereocenters. The van der Waals surface area contributed by atoms with E-state index in [-0.39, 0.29) is 17.7 Å². The van der Waals surface area contributed by atoms with Gasteiger partial charge in [-0.2, -0.15) is 0 Å². The Morgan fingerprint density at radius 3 is 2.14 bits per heavy atom. The molecule has 1 aromatic carbocycles. The van der Waals surface area contributed by atoms with Crippen LogP contribution in [0.15, 0.2) is 24.3 Å². The van der Waals surface area contributed by atoms with E-state index in [1.807, 2.05) is 39.0 Å². The van der Waals surface area contributed by atoms with Crippen molar-refractivity contribution in [3.05, 3.63) is 57.9 Å². The van der Waals surface area contributed by atoms with Gasteiger partial charge in [0, 0.05) is 29.9 Å². The van der Waals surface area contributed by atoms with Gasteiger partial charge in [0.15, 0.2) is 5.78 Å². The standard InChI is InChI=1S/C23H30N2O4/c1-13(2)25(22(27)18-12-10-9-11-14(18)3)17(6)21(26)19-15(4)20(23(28)29-8)24(7)16(19)5/h9-13,17H,1-8H3. The van der Waals surface area contributed by atoms with Crippen LogP contribution in [-0.2, 0) is 11.8 Å². The molecular weight excluding hydrogens is 368 g/mol. The van der Waals surface area contributed by atoms with Crippen molar-refractivity contribution in [3.63, 3.8) is 0 Å². The zero-order valence-corrected chi connectivity index (χ0v) is 18.5. The number of ether oxygens (including phenoxy) is 1. The Labute approximate surface area is 172 Å². The second-order valence-electron chi connectivity index (χ2n) is 7.65. The average molecular weight is 399 g/mol. The van der Waals surface area contributed by atoms with Gasteiger partial charge in [-0.3, -0.25) is 9.59 Å². The zero-order chi connectivity index (χ0) is 22.0. The number of amides is 1. The minimum atomic E-state index is -0.688. The normalized spacial score (nSPS) is 12.0. The lowest BCUT2D eigenvalue weighted by Gasteiger charge is -2.32. The number of carbonyl (C=O) groups excluding carboxylic acids is 3. The Hall–Kier alpha value is -2.89. The van der Waals surface area contributed by atoms with Gasteiger partial charge in [0.05, 0.1) is 13.2 Å². The summed E-state index contributed by atoms with van der Waals surface area (Å²) in [5.74, 6) is -0.865. The summed E-state index contributed by atoms with van der Waals surface area (Å²) >= 11 is 0. The molecule has 1 unspecified atom stereocenters. The van der Waals surface area contributed by atoms with Crippen molar-refractivity contribution in [1.82, 2.24) is 9.47 Å². The highest BCUT2D eigenvalue weighted by atomic mass is 16.5. The number of nitrogens with zero attached hydrogens (tertiary/aromatic N) is 2. The van der Waals surface area contributed by atoms with Crippen LogP contribution in [0.2, 0.25) is 0 Å². The number of carbonyl (C=O) groups is 3. The van der Waals surface area contributed by atoms with Gasteiger partial charge in [-0.05, 0) is 58.7 Å². The van der Waals surface area contributed by atoms with Gasteiger partial charge < -0.3 is 14.2 Å². The summed E-state index contributed by atoms with van der Waals surface area (Å²) in [5.41, 5.74) is 3.50. The lowest BCUT2D eigenvalue weighted by Crippen LogP contribution is -2.47. The minimum Gasteiger partial charge on any atom is -0.464 e. The molecule has 6 heteroatoms. The molecule has 2 rings (SSSR count). The van der Waals surface area contributed by atoms with Crippen molar-refractivity contribution >= 4 is 17.7 Å². The topological polar surface area (TPSA) is 68.6 Å². The number of benzene rings is 1. The SMILES string of the molecule is COC(=O)c1c(C)c(C(=O)C(C)N(C(=O)c2ccccc2C)C(C)C)c(C)n1C. The molecular formula is C23H30N2O4. The van der Waals surface area contributed by atoms with Gasteiger partial charge in [0.1, 0.15) is 5.69 Å². The van der Waals surface area contributed by atoms with Crippen LogP contribution in [0.3, 0.4) is 0 Å². The highest BCUT2D eigenvalue weighted by molar-refractivity contribution is 6.08. The summed E-state index contributed by atoms with van der Waals surface area (Å²) in [4.78, 5) is 40.5. The summed E-state index contributed by atoms with van der Waals surface area (Å²) in [6.45, 7) is 10.9. The number of hydrogen-bond donors (Lipinski definition) is 0. The third-order valence-electron chi connectivity index (χ3n) is 5.52. The van der Waals surface area contributed by atoms with E-state index in [4.69, 9.17) is 4.74 Å². The predicted molar refractivity (Wildman–Crippen MR) is 113 cm³/mol. The van der Waals surface area contributed by atoms with Crippen molar-refractivity contribution in [2.75, 3.05) is 7.11 Å². The molecule has 0 spiro atoms. The van der Waals surface area contributed by atoms with Crippen molar-refractivity contribution in [2.24, 2.45) is 7.05 Å². The first kappa shape index (κ1) is 22.4. The third kappa shape index (κ3) is 3.97. The molecule has 1 amide bonds. The van der Waals surface area contributed by atoms with Gasteiger partial charge >= 0.3 is 5.97 Å². The molecule has 0 fully saturated rings. The highest BCUT2D eigenvalue weighted by Gasteiger charge is 2.34. The van der Waals surface area contributed by atoms with E-state index < -0.39 is 12.0 Å². The second kappa shape index (κ2) is 8.64. The van der Waals surface area contributed by atoms with Crippen LogP contribution in [0.5, 0.6) is 0 Å². The number of ketones is 1. The quantitative estimate of drug-likeness (QED) is 0.547. The Kier molecular flexibility index (Phi) is 6.67. The molecule has 0 bridgehead atoms. The molecule has 0 aliphatic carbocycles. The Morgan fingerprint density at radius 1 is 1.03 bits per heavy atom. The lowest BCUT2D eigenvalue weighted by atomic mass is 9.97. The Bertz CT molecular complexity index is 956. The van der Waals surface area contributed by atoms with E-state index in [0.29, 0.717) is 28.1 Å². The van der Waals surface area contributed by atoms with E-state index >= 15 is 0 Å². The summed E-state index contributed by atoms with van der Waals surface area (Å²) in [6.07, 6.45) is 0. The molecule has 29 heavy (non-hydrogen) atoms. The van der Waals surface area contributed by atoms with Crippen molar-refractivity contribution < 1.29 is 19.1 Å². The molecule has 0 saturated heterocycles. The maximum atomic E-state index is 13.5. The van der Waals surface area contributed by atoms with E-state index in [0.717, 1.165) is 5.56 Å². The number of Topliss-reactive ketones (excluding diaryl/α,β-unsaturated/α-hetero) is 1. The number of hydrogen-bond acceptors (Lipinski definition) is 4. The van der Waals surface area contributed by atoms with Crippen molar-refractivity contribution in [3.8, 4) is 0 Å². The number of methoxy groups -OCH3 is 1. The zero-order valence-electron chi connectivity index (χ0n) is 18.5. The average Bonchev–Trinajstić information content (AvgIpc) is 2.89. The number of aryl methyl sites for hydroxylation is 1. The number of rotatable bonds is 6. The van der Waals surface area contributed by atoms with Crippen LogP contribution < -0.4 is 0 Å². The first-order valence-corrected chi connectivity index (χ1v) is 9.71. The largest absolute Gasteiger partial charge is 0.464 e. The van der Waals surface area contributed by atoms with Gasteiger partial charge in [0.25, 0.3) is 5.91 Å². The molecule has 2 aromatic rings. The molecule has 1 heterocycles. The summed E-state index contributed by atoms with van der Waals surface area (Å²) in [6, 6.07) is 6.49. The molecule has 6 nitrogen and oxygen atoms in total. The maximum Gasteiger partial charge on any atom is 0.354 e. The van der Waals surface area contributed by atoms with Gasteiger partial charge in [-0.15, -0.1) is 0 Å². The highest BCUT2D eigenvalue weighted by Crippen LogP contribution is 2.26. The number of esters is 1. The van der Waals surface area contributed by atoms with Gasteiger partial charge in [-0.25, -0.2) is 4.79 Å². The second-order valence-corrected chi connectivity index (χ2v) is 7.65. The third-order valence-corrected chi connectivity index (χ3v) is 5.52. The van der Waals surface area contributed by atoms with Crippen molar-refractivity contribution in [1.29, 1.82) is 0 Å². The van der Waals surface area contributed by atoms with Crippen LogP contribution in [-0.4, -0.2) is 46.3 Å². The fraction of sp³-hybridized carbons (Fsp3) is 0.435. The van der Waals surface area contributed by atoms with Crippen LogP contribution in [0.1, 0.15) is 68.8 Å². The molecule has 156 valence electrons. The van der Waals surface area contributed by atoms with E-state index in [1.54, 1.807) is 43.4 Å². The number of aromatic nitrogens is 1. The van der Waals surface area contributed by atoms with E-state index in [2.05, 4.69) is 0 Å². The molecule has 0 aliphatic rings. The summed E-state index contributed by atoms with van der Waals surface area (Å²) < 4.78 is 6.54. The minimum absolute atomic E-state index is 0.176. The van der Waals surface area contributed by atoms with Gasteiger partial charge in [0.2, 0.25) is 0 Å². The fourth-order valence-corrected chi connectivity index (χ4v) is 3.87. The Morgan fingerprint density at radius 2 is 1.62 bits per heavy atom.